The number of ether oxygens (including phenoxy) is 9. The van der Waals surface area contributed by atoms with Crippen molar-refractivity contribution in [3.63, 3.8) is 0 Å². The molecule has 3 N–H and O–H groups in total. The Bertz CT molecular complexity index is 3120. The Kier molecular flexibility index (Phi) is 43.5. The normalized spacial score (nSPS) is 15.0. The molecule has 100 heavy (non-hydrogen) atoms. The van der Waals surface area contributed by atoms with E-state index in [-0.39, 0.29) is 79.6 Å². The van der Waals surface area contributed by atoms with Crippen LogP contribution in [0, 0.1) is 0 Å². The van der Waals surface area contributed by atoms with Crippen LogP contribution in [-0.4, -0.2) is 198 Å². The Morgan fingerprint density at radius 3 is 1.36 bits per heavy atom. The number of fused-ring (bicyclic) bond motifs is 2. The molecule has 545 valence electrons. The van der Waals surface area contributed by atoms with Crippen LogP contribution in [0.4, 0.5) is 9.59 Å². The van der Waals surface area contributed by atoms with Gasteiger partial charge in [-0.15, -0.1) is 0 Å². The van der Waals surface area contributed by atoms with E-state index in [2.05, 4.69) is 32.7 Å². The summed E-state index contributed by atoms with van der Waals surface area (Å²) in [5.41, 5.74) is 3.36. The fourth-order valence-electron chi connectivity index (χ4n) is 9.06. The van der Waals surface area contributed by atoms with Crippen molar-refractivity contribution in [3.05, 3.63) is 107 Å². The molecular weight excluding hydrogens is 1310 g/mol. The van der Waals surface area contributed by atoms with Crippen molar-refractivity contribution >= 4 is 81.5 Å². The average molecular weight is 1410 g/mol. The number of amides is 2. The summed E-state index contributed by atoms with van der Waals surface area (Å²) in [6.45, 7) is 32.7. The van der Waals surface area contributed by atoms with Crippen molar-refractivity contribution < 1.29 is 144 Å². The zero-order valence-corrected chi connectivity index (χ0v) is 61.7. The third-order valence-corrected chi connectivity index (χ3v) is 13.2. The maximum atomic E-state index is 12.3. The first-order chi connectivity index (χ1) is 46.4. The Morgan fingerprint density at radius 1 is 0.580 bits per heavy atom. The van der Waals surface area contributed by atoms with Crippen LogP contribution < -0.4 is 55.3 Å². The summed E-state index contributed by atoms with van der Waals surface area (Å²) in [6, 6.07) is 25.1. The second-order valence-electron chi connectivity index (χ2n) is 23.5. The van der Waals surface area contributed by atoms with Gasteiger partial charge in [-0.3, -0.25) is 24.1 Å². The molecular formula is C68H99B3N4NaO24. The van der Waals surface area contributed by atoms with E-state index >= 15 is 0 Å². The first kappa shape index (κ1) is 90.9. The summed E-state index contributed by atoms with van der Waals surface area (Å²) >= 11 is 0. The molecule has 4 aliphatic heterocycles. The topological polar surface area (TPSA) is 328 Å². The van der Waals surface area contributed by atoms with Crippen LogP contribution in [0.5, 0.6) is 23.0 Å². The van der Waals surface area contributed by atoms with Crippen LogP contribution in [0.25, 0.3) is 0 Å². The van der Waals surface area contributed by atoms with Crippen LogP contribution >= 0.6 is 0 Å². The largest absolute Gasteiger partial charge is 1.00 e. The number of rotatable bonds is 19. The molecule has 4 aromatic rings. The molecule has 2 amide bonds. The molecule has 2 unspecified atom stereocenters. The van der Waals surface area contributed by atoms with Crippen molar-refractivity contribution in [2.75, 3.05) is 85.4 Å². The molecule has 0 aromatic heterocycles. The van der Waals surface area contributed by atoms with Gasteiger partial charge in [0.05, 0.1) is 38.3 Å². The van der Waals surface area contributed by atoms with Crippen LogP contribution in [-0.2, 0) is 87.4 Å². The number of carbonyl (C=O) groups is 8. The fraction of sp³-hybridized carbons (Fsp3) is 0.529. The van der Waals surface area contributed by atoms with Gasteiger partial charge in [0, 0.05) is 105 Å². The Hall–Kier alpha value is -7.13. The molecule has 4 aromatic carbocycles. The van der Waals surface area contributed by atoms with Gasteiger partial charge in [-0.25, -0.2) is 29.0 Å². The Morgan fingerprint density at radius 2 is 0.980 bits per heavy atom. The second-order valence-corrected chi connectivity index (χ2v) is 23.5. The van der Waals surface area contributed by atoms with Gasteiger partial charge in [0.2, 0.25) is 5.97 Å². The number of carbonyl (C=O) groups excluding carboxylic acids is 8. The SMILES string of the molecule is C.CC(=O)OOC(C)=O.CC(C)(C)OC(=O)N1CCNCC1.CCOC(=O)CC1OB(O)c2cc(Oc3cccc(C=O)c3)ccc21.CCOC(=O)CC1OB(O)c2cc(Oc3cccc(CN4CCN(C(=O)OC(C)(C)C)CC4)c3)ccc21.CCOC(OCC)OCC.[B-]OC(C)=O.[Na+]. The summed E-state index contributed by atoms with van der Waals surface area (Å²) in [4.78, 5) is 101. The predicted octanol–water partition coefficient (Wildman–Crippen LogP) is 4.75. The quantitative estimate of drug-likeness (QED) is 0.0217. The summed E-state index contributed by atoms with van der Waals surface area (Å²) in [6.07, 6.45) is -0.721. The van der Waals surface area contributed by atoms with Crippen LogP contribution in [0.2, 0.25) is 0 Å². The van der Waals surface area contributed by atoms with Gasteiger partial charge in [-0.1, -0.05) is 43.8 Å². The van der Waals surface area contributed by atoms with Gasteiger partial charge in [0.25, 0.3) is 6.48 Å². The third-order valence-electron chi connectivity index (χ3n) is 13.2. The van der Waals surface area contributed by atoms with E-state index in [0.29, 0.717) is 85.6 Å². The predicted molar refractivity (Wildman–Crippen MR) is 367 cm³/mol. The van der Waals surface area contributed by atoms with Gasteiger partial charge in [0.15, 0.2) is 0 Å². The molecule has 2 atom stereocenters. The fourth-order valence-corrected chi connectivity index (χ4v) is 9.06. The van der Waals surface area contributed by atoms with Crippen molar-refractivity contribution in [2.45, 2.75) is 154 Å². The first-order valence-electron chi connectivity index (χ1n) is 32.2. The molecule has 4 aliphatic rings. The van der Waals surface area contributed by atoms with Gasteiger partial charge in [0.1, 0.15) is 40.5 Å². The molecule has 8 rings (SSSR count). The van der Waals surface area contributed by atoms with Crippen LogP contribution in [0.15, 0.2) is 84.9 Å². The van der Waals surface area contributed by atoms with Gasteiger partial charge in [-0.05, 0) is 152 Å². The van der Waals surface area contributed by atoms with Crippen LogP contribution in [0.1, 0.15) is 156 Å². The minimum atomic E-state index is -1.13. The van der Waals surface area contributed by atoms with Crippen molar-refractivity contribution in [3.8, 4) is 23.0 Å². The summed E-state index contributed by atoms with van der Waals surface area (Å²) in [5, 5.41) is 23.6. The van der Waals surface area contributed by atoms with Crippen molar-refractivity contribution in [1.29, 1.82) is 0 Å². The van der Waals surface area contributed by atoms with E-state index in [1.54, 1.807) is 78.2 Å². The zero-order chi connectivity index (χ0) is 73.0. The summed E-state index contributed by atoms with van der Waals surface area (Å²) < 4.78 is 62.3. The van der Waals surface area contributed by atoms with Crippen LogP contribution in [0.3, 0.4) is 0 Å². The standard InChI is InChI=1S/C27H35BN2O7.C18H17BO6.C9H18N2O2.C7H16O3.C4H6O4.C2H3BO2.CH4.Na/c1-5-34-25(31)17-24-22-10-9-21(16-23(22)28(33)37-24)35-20-8-6-7-19(15-20)18-29-11-13-30(14-12-29)26(32)36-27(2,3)4;1-2-23-18(21)10-17-15-7-6-14(9-16(15)19(22)25-17)24-13-5-3-4-12(8-13)11-20;1-9(2,3)13-8(12)11-6-4-10-5-7-11;1-4-8-7(9-5-2)10-6-3;1-3(5)7-8-4(2)6;1-2(4)5-3;;/h6-10,15-16,24,33H,5,11-14,17-18H2,1-4H3;3-9,11,17,22H,2,10H2,1H3;10H,4-7H2,1-3H3;7H,4-6H2,1-3H3;1-2H3;1H3;1H4;/q;;;;;-1;;+1. The Balaban J connectivity index is 0.000000681. The Labute approximate surface area is 611 Å². The molecule has 0 spiro atoms. The monoisotopic (exact) mass is 1410 g/mol. The minimum Gasteiger partial charge on any atom is -0.793 e. The number of esters is 2. The van der Waals surface area contributed by atoms with E-state index < -0.39 is 56.4 Å². The molecule has 28 nitrogen and oxygen atoms in total. The maximum absolute atomic E-state index is 12.3. The first-order valence-corrected chi connectivity index (χ1v) is 32.2. The van der Waals surface area contributed by atoms with Gasteiger partial charge < -0.3 is 89.8 Å². The third kappa shape index (κ3) is 36.0. The molecule has 2 saturated heterocycles. The molecule has 4 heterocycles. The molecule has 0 saturated carbocycles. The van der Waals surface area contributed by atoms with Crippen molar-refractivity contribution in [1.82, 2.24) is 20.0 Å². The van der Waals surface area contributed by atoms with E-state index in [0.717, 1.165) is 82.6 Å². The van der Waals surface area contributed by atoms with E-state index in [1.165, 1.54) is 6.92 Å². The van der Waals surface area contributed by atoms with Gasteiger partial charge in [-0.2, -0.15) is 0 Å². The number of hydrogen-bond donors (Lipinski definition) is 3. The van der Waals surface area contributed by atoms with E-state index in [9.17, 15) is 48.4 Å². The maximum Gasteiger partial charge on any atom is 1.00 e. The molecule has 3 radical (unpaired) electrons. The molecule has 0 bridgehead atoms. The zero-order valence-electron chi connectivity index (χ0n) is 59.7. The summed E-state index contributed by atoms with van der Waals surface area (Å²) in [7, 11) is 2.07. The number of piperazine rings is 2. The molecule has 2 fully saturated rings. The number of aldehydes is 1. The number of hydrogen-bond acceptors (Lipinski definition) is 26. The molecule has 32 heteroatoms. The van der Waals surface area contributed by atoms with E-state index in [1.807, 2.05) is 92.6 Å². The number of benzene rings is 4. The number of nitrogens with one attached hydrogen (secondary N) is 1. The number of nitrogens with zero attached hydrogens (tertiary/aromatic N) is 3. The molecule has 0 aliphatic carbocycles. The van der Waals surface area contributed by atoms with Crippen molar-refractivity contribution in [2.24, 2.45) is 0 Å². The summed E-state index contributed by atoms with van der Waals surface area (Å²) in [5.74, 6) is -0.218. The smallest absolute Gasteiger partial charge is 0.793 e. The van der Waals surface area contributed by atoms with Gasteiger partial charge >= 0.3 is 79.9 Å². The average Bonchev–Trinajstić information content (AvgIpc) is 1.65. The minimum absolute atomic E-state index is 0. The van der Waals surface area contributed by atoms with E-state index in [4.69, 9.17) is 51.9 Å². The second kappa shape index (κ2) is 47.9.